The first kappa shape index (κ1) is 12.4. The van der Waals surface area contributed by atoms with Crippen molar-refractivity contribution >= 4 is 11.6 Å². The summed E-state index contributed by atoms with van der Waals surface area (Å²) < 4.78 is 1.69. The average molecular weight is 221 g/mol. The number of aryl methyl sites for hydroxylation is 1. The van der Waals surface area contributed by atoms with Gasteiger partial charge in [-0.25, -0.2) is 4.68 Å². The number of rotatable bonds is 6. The van der Waals surface area contributed by atoms with Crippen molar-refractivity contribution in [3.8, 4) is 6.07 Å². The Morgan fingerprint density at radius 3 is 2.75 bits per heavy atom. The van der Waals surface area contributed by atoms with Crippen molar-refractivity contribution in [2.45, 2.75) is 39.7 Å². The average Bonchev–Trinajstić information content (AvgIpc) is 2.57. The Hall–Kier alpha value is -1.70. The van der Waals surface area contributed by atoms with Gasteiger partial charge in [0.1, 0.15) is 17.5 Å². The predicted molar refractivity (Wildman–Crippen MR) is 65.0 cm³/mol. The fourth-order valence-electron chi connectivity index (χ4n) is 1.47. The zero-order valence-electron chi connectivity index (χ0n) is 9.95. The van der Waals surface area contributed by atoms with Gasteiger partial charge in [-0.1, -0.05) is 20.3 Å². The third-order valence-electron chi connectivity index (χ3n) is 2.36. The molecule has 0 aliphatic rings. The summed E-state index contributed by atoms with van der Waals surface area (Å²) in [5.74, 6) is 1.07. The van der Waals surface area contributed by atoms with Gasteiger partial charge in [-0.05, 0) is 12.8 Å². The fraction of sp³-hybridized carbons (Fsp3) is 0.636. The molecule has 0 saturated carbocycles. The normalized spacial score (nSPS) is 10.1. The molecule has 1 rings (SSSR count). The van der Waals surface area contributed by atoms with E-state index in [1.54, 1.807) is 4.68 Å². The summed E-state index contributed by atoms with van der Waals surface area (Å²) in [6.07, 6.45) is 3.12. The Labute approximate surface area is 96.2 Å². The molecule has 5 heteroatoms. The topological polar surface area (TPSA) is 79.7 Å². The van der Waals surface area contributed by atoms with Crippen LogP contribution in [0.5, 0.6) is 0 Å². The molecule has 88 valence electrons. The number of aromatic nitrogens is 2. The lowest BCUT2D eigenvalue weighted by Gasteiger charge is -2.01. The van der Waals surface area contributed by atoms with Crippen LogP contribution in [-0.4, -0.2) is 16.3 Å². The second kappa shape index (κ2) is 6.01. The van der Waals surface area contributed by atoms with Crippen molar-refractivity contribution < 1.29 is 0 Å². The van der Waals surface area contributed by atoms with Gasteiger partial charge in [-0.2, -0.15) is 10.4 Å². The summed E-state index contributed by atoms with van der Waals surface area (Å²) in [6, 6.07) is 2.10. The van der Waals surface area contributed by atoms with Crippen LogP contribution < -0.4 is 11.1 Å². The first-order chi connectivity index (χ1) is 7.74. The molecule has 5 nitrogen and oxygen atoms in total. The fourth-order valence-corrected chi connectivity index (χ4v) is 1.47. The molecule has 0 spiro atoms. The monoisotopic (exact) mass is 221 g/mol. The quantitative estimate of drug-likeness (QED) is 0.720. The van der Waals surface area contributed by atoms with Gasteiger partial charge in [-0.15, -0.1) is 0 Å². The van der Waals surface area contributed by atoms with Gasteiger partial charge in [0.25, 0.3) is 0 Å². The van der Waals surface area contributed by atoms with Crippen molar-refractivity contribution in [3.63, 3.8) is 0 Å². The highest BCUT2D eigenvalue weighted by molar-refractivity contribution is 5.63. The van der Waals surface area contributed by atoms with Crippen molar-refractivity contribution in [1.29, 1.82) is 5.26 Å². The van der Waals surface area contributed by atoms with Gasteiger partial charge >= 0.3 is 0 Å². The maximum absolute atomic E-state index is 9.01. The number of anilines is 2. The van der Waals surface area contributed by atoms with E-state index in [1.165, 1.54) is 0 Å². The third kappa shape index (κ3) is 2.66. The third-order valence-corrected chi connectivity index (χ3v) is 2.36. The molecule has 0 aliphatic heterocycles. The number of nitrogen functional groups attached to an aromatic ring is 1. The molecular formula is C11H19N5. The Morgan fingerprint density at radius 1 is 1.44 bits per heavy atom. The number of hydrogen-bond acceptors (Lipinski definition) is 4. The molecule has 0 atom stereocenters. The summed E-state index contributed by atoms with van der Waals surface area (Å²) in [4.78, 5) is 0. The number of nitrogens with one attached hydrogen (secondary N) is 1. The molecule has 0 radical (unpaired) electrons. The summed E-state index contributed by atoms with van der Waals surface area (Å²) in [5, 5.41) is 16.5. The van der Waals surface area contributed by atoms with Crippen molar-refractivity contribution in [3.05, 3.63) is 5.56 Å². The van der Waals surface area contributed by atoms with Gasteiger partial charge in [0.15, 0.2) is 5.82 Å². The summed E-state index contributed by atoms with van der Waals surface area (Å²) in [5.41, 5.74) is 6.31. The van der Waals surface area contributed by atoms with Gasteiger partial charge in [0, 0.05) is 13.1 Å². The maximum Gasteiger partial charge on any atom is 0.168 e. The van der Waals surface area contributed by atoms with Gasteiger partial charge in [-0.3, -0.25) is 0 Å². The molecule has 0 fully saturated rings. The van der Waals surface area contributed by atoms with Crippen LogP contribution in [0.3, 0.4) is 0 Å². The second-order valence-electron chi connectivity index (χ2n) is 3.72. The SMILES string of the molecule is CCCCNc1nn(CCC)c(N)c1C#N. The Bertz CT molecular complexity index is 374. The van der Waals surface area contributed by atoms with Crippen LogP contribution in [0.1, 0.15) is 38.7 Å². The number of unbranched alkanes of at least 4 members (excludes halogenated alkanes) is 1. The highest BCUT2D eigenvalue weighted by Gasteiger charge is 2.13. The molecule has 1 aromatic heterocycles. The van der Waals surface area contributed by atoms with E-state index in [-0.39, 0.29) is 0 Å². The van der Waals surface area contributed by atoms with Gasteiger partial charge in [0.2, 0.25) is 0 Å². The van der Waals surface area contributed by atoms with E-state index in [9.17, 15) is 0 Å². The molecule has 0 bridgehead atoms. The molecule has 0 unspecified atom stereocenters. The summed E-state index contributed by atoms with van der Waals surface area (Å²) in [6.45, 7) is 5.75. The first-order valence-electron chi connectivity index (χ1n) is 5.74. The molecule has 16 heavy (non-hydrogen) atoms. The molecule has 1 heterocycles. The standard InChI is InChI=1S/C11H19N5/c1-3-5-6-14-11-9(8-12)10(13)16(15-11)7-4-2/h3-7,13H2,1-2H3,(H,14,15). The van der Waals surface area contributed by atoms with Crippen LogP contribution in [0.4, 0.5) is 11.6 Å². The Kier molecular flexibility index (Phi) is 4.65. The zero-order chi connectivity index (χ0) is 12.0. The number of nitrogens with two attached hydrogens (primary N) is 1. The van der Waals surface area contributed by atoms with Crippen molar-refractivity contribution in [1.82, 2.24) is 9.78 Å². The molecule has 1 aromatic rings. The van der Waals surface area contributed by atoms with Crippen LogP contribution in [-0.2, 0) is 6.54 Å². The van der Waals surface area contributed by atoms with Crippen LogP contribution >= 0.6 is 0 Å². The highest BCUT2D eigenvalue weighted by Crippen LogP contribution is 2.20. The van der Waals surface area contributed by atoms with Crippen LogP contribution in [0.2, 0.25) is 0 Å². The van der Waals surface area contributed by atoms with E-state index < -0.39 is 0 Å². The predicted octanol–water partition coefficient (Wildman–Crippen LogP) is 1.96. The first-order valence-corrected chi connectivity index (χ1v) is 5.74. The van der Waals surface area contributed by atoms with Crippen LogP contribution in [0.25, 0.3) is 0 Å². The molecule has 0 amide bonds. The van der Waals surface area contributed by atoms with E-state index in [4.69, 9.17) is 11.0 Å². The molecular weight excluding hydrogens is 202 g/mol. The number of nitrogens with zero attached hydrogens (tertiary/aromatic N) is 3. The lowest BCUT2D eigenvalue weighted by Crippen LogP contribution is -2.05. The van der Waals surface area contributed by atoms with E-state index in [1.807, 2.05) is 0 Å². The largest absolute Gasteiger partial charge is 0.383 e. The summed E-state index contributed by atoms with van der Waals surface area (Å²) in [7, 11) is 0. The zero-order valence-corrected chi connectivity index (χ0v) is 9.95. The van der Waals surface area contributed by atoms with Crippen LogP contribution in [0, 0.1) is 11.3 Å². The Balaban J connectivity index is 2.82. The number of nitriles is 1. The Morgan fingerprint density at radius 2 is 2.19 bits per heavy atom. The molecule has 0 saturated heterocycles. The molecule has 0 aliphatic carbocycles. The maximum atomic E-state index is 9.01. The molecule has 3 N–H and O–H groups in total. The van der Waals surface area contributed by atoms with E-state index in [2.05, 4.69) is 30.3 Å². The number of hydrogen-bond donors (Lipinski definition) is 2. The lowest BCUT2D eigenvalue weighted by molar-refractivity contribution is 0.612. The van der Waals surface area contributed by atoms with Crippen molar-refractivity contribution in [2.75, 3.05) is 17.6 Å². The van der Waals surface area contributed by atoms with E-state index in [0.29, 0.717) is 17.2 Å². The van der Waals surface area contributed by atoms with E-state index >= 15 is 0 Å². The van der Waals surface area contributed by atoms with Gasteiger partial charge in [0.05, 0.1) is 0 Å². The van der Waals surface area contributed by atoms with Gasteiger partial charge < -0.3 is 11.1 Å². The summed E-state index contributed by atoms with van der Waals surface area (Å²) >= 11 is 0. The minimum absolute atomic E-state index is 0.461. The second-order valence-corrected chi connectivity index (χ2v) is 3.72. The minimum Gasteiger partial charge on any atom is -0.383 e. The van der Waals surface area contributed by atoms with Crippen molar-refractivity contribution in [2.24, 2.45) is 0 Å². The lowest BCUT2D eigenvalue weighted by atomic mass is 10.3. The smallest absolute Gasteiger partial charge is 0.168 e. The van der Waals surface area contributed by atoms with Crippen LogP contribution in [0.15, 0.2) is 0 Å². The van der Waals surface area contributed by atoms with E-state index in [0.717, 1.165) is 32.4 Å². The minimum atomic E-state index is 0.461. The highest BCUT2D eigenvalue weighted by atomic mass is 15.3. The molecule has 0 aromatic carbocycles.